The quantitative estimate of drug-likeness (QED) is 0.814. The van der Waals surface area contributed by atoms with E-state index in [0.29, 0.717) is 13.0 Å². The number of benzene rings is 1. The summed E-state index contributed by atoms with van der Waals surface area (Å²) in [6.07, 6.45) is 3.99. The number of para-hydroxylation sites is 1. The van der Waals surface area contributed by atoms with Crippen LogP contribution in [0.15, 0.2) is 36.7 Å². The lowest BCUT2D eigenvalue weighted by Gasteiger charge is -2.18. The third-order valence-corrected chi connectivity index (χ3v) is 2.93. The zero-order valence-electron chi connectivity index (χ0n) is 11.0. The Hall–Kier alpha value is -1.85. The summed E-state index contributed by atoms with van der Waals surface area (Å²) in [6.45, 7) is 0.472. The molecule has 1 aromatic heterocycles. The minimum atomic E-state index is -0.228. The van der Waals surface area contributed by atoms with E-state index in [1.54, 1.807) is 10.9 Å². The lowest BCUT2D eigenvalue weighted by atomic mass is 10.1. The first kappa shape index (κ1) is 13.6. The number of nitrogens with two attached hydrogens (primary N) is 1. The fourth-order valence-corrected chi connectivity index (χ4v) is 1.96. The summed E-state index contributed by atoms with van der Waals surface area (Å²) in [5.41, 5.74) is 7.70. The summed E-state index contributed by atoms with van der Waals surface area (Å²) >= 11 is 0. The molecule has 5 nitrogen and oxygen atoms in total. The summed E-state index contributed by atoms with van der Waals surface area (Å²) in [7, 11) is 1.86. The highest BCUT2D eigenvalue weighted by atomic mass is 16.5. The van der Waals surface area contributed by atoms with Crippen LogP contribution in [0.3, 0.4) is 0 Å². The number of aliphatic hydroxyl groups is 1. The minimum absolute atomic E-state index is 0.0978. The minimum Gasteiger partial charge on any atom is -0.484 e. The number of aromatic nitrogens is 2. The number of aliphatic hydroxyl groups excluding tert-OH is 1. The van der Waals surface area contributed by atoms with E-state index < -0.39 is 0 Å². The highest BCUT2D eigenvalue weighted by Crippen LogP contribution is 2.25. The molecule has 102 valence electrons. The molecule has 0 bridgehead atoms. The van der Waals surface area contributed by atoms with Crippen molar-refractivity contribution in [3.8, 4) is 5.75 Å². The lowest BCUT2D eigenvalue weighted by Crippen LogP contribution is -2.18. The molecule has 0 spiro atoms. The van der Waals surface area contributed by atoms with E-state index in [4.69, 9.17) is 15.6 Å². The predicted octanol–water partition coefficient (Wildman–Crippen LogP) is 1.03. The van der Waals surface area contributed by atoms with E-state index in [-0.39, 0.29) is 12.7 Å². The van der Waals surface area contributed by atoms with Crippen LogP contribution < -0.4 is 10.5 Å². The third kappa shape index (κ3) is 3.33. The van der Waals surface area contributed by atoms with Crippen molar-refractivity contribution in [3.63, 3.8) is 0 Å². The van der Waals surface area contributed by atoms with Crippen LogP contribution in [0.1, 0.15) is 17.2 Å². The van der Waals surface area contributed by atoms with Gasteiger partial charge in [-0.1, -0.05) is 18.2 Å². The topological polar surface area (TPSA) is 73.3 Å². The molecule has 0 fully saturated rings. The van der Waals surface area contributed by atoms with Crippen LogP contribution in [-0.2, 0) is 13.5 Å². The Balaban J connectivity index is 2.18. The molecule has 0 amide bonds. The Bertz CT molecular complexity index is 525. The molecule has 1 unspecified atom stereocenters. The summed E-state index contributed by atoms with van der Waals surface area (Å²) in [4.78, 5) is 0. The monoisotopic (exact) mass is 261 g/mol. The van der Waals surface area contributed by atoms with Crippen molar-refractivity contribution in [1.82, 2.24) is 9.78 Å². The zero-order chi connectivity index (χ0) is 13.7. The smallest absolute Gasteiger partial charge is 0.139 e. The van der Waals surface area contributed by atoms with Crippen molar-refractivity contribution in [1.29, 1.82) is 0 Å². The second-order valence-corrected chi connectivity index (χ2v) is 4.37. The number of hydrogen-bond acceptors (Lipinski definition) is 4. The van der Waals surface area contributed by atoms with Gasteiger partial charge in [0.1, 0.15) is 11.9 Å². The van der Waals surface area contributed by atoms with E-state index in [0.717, 1.165) is 16.9 Å². The van der Waals surface area contributed by atoms with Crippen LogP contribution in [0, 0.1) is 0 Å². The van der Waals surface area contributed by atoms with Crippen molar-refractivity contribution in [3.05, 3.63) is 47.8 Å². The SMILES string of the molecule is Cn1cc(C(CN)Oc2ccccc2CCO)cn1. The summed E-state index contributed by atoms with van der Waals surface area (Å²) in [6, 6.07) is 7.68. The fourth-order valence-electron chi connectivity index (χ4n) is 1.96. The van der Waals surface area contributed by atoms with E-state index in [9.17, 15) is 0 Å². The van der Waals surface area contributed by atoms with Crippen molar-refractivity contribution >= 4 is 0 Å². The second-order valence-electron chi connectivity index (χ2n) is 4.37. The number of nitrogens with zero attached hydrogens (tertiary/aromatic N) is 2. The van der Waals surface area contributed by atoms with Gasteiger partial charge in [0, 0.05) is 32.0 Å². The molecule has 0 aliphatic rings. The number of rotatable bonds is 6. The maximum absolute atomic E-state index is 9.06. The molecule has 0 radical (unpaired) electrons. The number of aryl methyl sites for hydroxylation is 1. The molecular weight excluding hydrogens is 242 g/mol. The number of ether oxygens (including phenoxy) is 1. The van der Waals surface area contributed by atoms with E-state index >= 15 is 0 Å². The molecule has 3 N–H and O–H groups in total. The summed E-state index contributed by atoms with van der Waals surface area (Å²) < 4.78 is 7.68. The fraction of sp³-hybridized carbons (Fsp3) is 0.357. The molecule has 1 atom stereocenters. The first-order chi connectivity index (χ1) is 9.24. The van der Waals surface area contributed by atoms with Gasteiger partial charge in [0.25, 0.3) is 0 Å². The second kappa shape index (κ2) is 6.36. The molecule has 5 heteroatoms. The van der Waals surface area contributed by atoms with Gasteiger partial charge in [-0.3, -0.25) is 4.68 Å². The van der Waals surface area contributed by atoms with E-state index in [1.165, 1.54) is 0 Å². The molecule has 2 aromatic rings. The van der Waals surface area contributed by atoms with Gasteiger partial charge in [-0.15, -0.1) is 0 Å². The number of hydrogen-bond donors (Lipinski definition) is 2. The average molecular weight is 261 g/mol. The maximum Gasteiger partial charge on any atom is 0.139 e. The Morgan fingerprint density at radius 3 is 2.84 bits per heavy atom. The zero-order valence-corrected chi connectivity index (χ0v) is 11.0. The van der Waals surface area contributed by atoms with Gasteiger partial charge in [-0.25, -0.2) is 0 Å². The molecule has 2 rings (SSSR count). The molecule has 0 aliphatic heterocycles. The van der Waals surface area contributed by atoms with Crippen molar-refractivity contribution in [2.45, 2.75) is 12.5 Å². The molecule has 0 saturated carbocycles. The average Bonchev–Trinajstić information content (AvgIpc) is 2.84. The van der Waals surface area contributed by atoms with Gasteiger partial charge in [0.05, 0.1) is 6.20 Å². The van der Waals surface area contributed by atoms with Crippen LogP contribution in [0.5, 0.6) is 5.75 Å². The molecule has 0 saturated heterocycles. The highest BCUT2D eigenvalue weighted by molar-refractivity contribution is 5.34. The van der Waals surface area contributed by atoms with Gasteiger partial charge in [0.15, 0.2) is 0 Å². The van der Waals surface area contributed by atoms with Crippen LogP contribution in [-0.4, -0.2) is 28.0 Å². The third-order valence-electron chi connectivity index (χ3n) is 2.93. The summed E-state index contributed by atoms with van der Waals surface area (Å²) in [5.74, 6) is 0.760. The Morgan fingerprint density at radius 2 is 2.21 bits per heavy atom. The molecule has 1 heterocycles. The van der Waals surface area contributed by atoms with E-state index in [1.807, 2.05) is 37.5 Å². The van der Waals surface area contributed by atoms with Crippen LogP contribution in [0.25, 0.3) is 0 Å². The molecule has 19 heavy (non-hydrogen) atoms. The van der Waals surface area contributed by atoms with Crippen molar-refractivity contribution in [2.24, 2.45) is 12.8 Å². The van der Waals surface area contributed by atoms with E-state index in [2.05, 4.69) is 5.10 Å². The van der Waals surface area contributed by atoms with Crippen molar-refractivity contribution in [2.75, 3.05) is 13.2 Å². The van der Waals surface area contributed by atoms with Gasteiger partial charge in [-0.05, 0) is 18.1 Å². The molecule has 0 aliphatic carbocycles. The van der Waals surface area contributed by atoms with Crippen LogP contribution in [0.4, 0.5) is 0 Å². The van der Waals surface area contributed by atoms with Gasteiger partial charge >= 0.3 is 0 Å². The van der Waals surface area contributed by atoms with Crippen LogP contribution in [0.2, 0.25) is 0 Å². The van der Waals surface area contributed by atoms with Gasteiger partial charge < -0.3 is 15.6 Å². The normalized spacial score (nSPS) is 12.4. The standard InChI is InChI=1S/C14H19N3O2/c1-17-10-12(9-16-17)14(8-15)19-13-5-3-2-4-11(13)6-7-18/h2-5,9-10,14,18H,6-8,15H2,1H3. The Kier molecular flexibility index (Phi) is 4.54. The lowest BCUT2D eigenvalue weighted by molar-refractivity contribution is 0.210. The van der Waals surface area contributed by atoms with Crippen molar-refractivity contribution < 1.29 is 9.84 Å². The first-order valence-electron chi connectivity index (χ1n) is 6.28. The Morgan fingerprint density at radius 1 is 1.42 bits per heavy atom. The Labute approximate surface area is 112 Å². The maximum atomic E-state index is 9.06. The predicted molar refractivity (Wildman–Crippen MR) is 72.9 cm³/mol. The molecular formula is C14H19N3O2. The summed E-state index contributed by atoms with van der Waals surface area (Å²) in [5, 5.41) is 13.2. The van der Waals surface area contributed by atoms with Gasteiger partial charge in [0.2, 0.25) is 0 Å². The first-order valence-corrected chi connectivity index (χ1v) is 6.28. The van der Waals surface area contributed by atoms with Crippen LogP contribution >= 0.6 is 0 Å². The largest absolute Gasteiger partial charge is 0.484 e. The van der Waals surface area contributed by atoms with Gasteiger partial charge in [-0.2, -0.15) is 5.10 Å². The highest BCUT2D eigenvalue weighted by Gasteiger charge is 2.15. The molecule has 1 aromatic carbocycles.